The molecule has 0 bridgehead atoms. The summed E-state index contributed by atoms with van der Waals surface area (Å²) in [5.74, 6) is -0.302. The Kier molecular flexibility index (Phi) is 7.29. The van der Waals surface area contributed by atoms with Gasteiger partial charge in [0.25, 0.3) is 5.91 Å². The molecule has 0 radical (unpaired) electrons. The molecule has 1 aliphatic heterocycles. The van der Waals surface area contributed by atoms with Crippen LogP contribution in [0.15, 0.2) is 18.2 Å². The van der Waals surface area contributed by atoms with Crippen LogP contribution in [-0.2, 0) is 9.53 Å². The van der Waals surface area contributed by atoms with Gasteiger partial charge in [-0.05, 0) is 31.0 Å². The van der Waals surface area contributed by atoms with Gasteiger partial charge in [-0.3, -0.25) is 9.59 Å². The maximum absolute atomic E-state index is 12.5. The SMILES string of the molecule is Cl.NC1(C(=O)Nc2ccc(C(=O)N3CCOCC3)c(Cl)c2)CCCCC1. The molecule has 1 aliphatic carbocycles. The predicted molar refractivity (Wildman–Crippen MR) is 104 cm³/mol. The number of morpholine rings is 1. The molecule has 1 aromatic carbocycles. The molecule has 3 rings (SSSR count). The van der Waals surface area contributed by atoms with Crippen LogP contribution in [0.25, 0.3) is 0 Å². The molecule has 0 aromatic heterocycles. The highest BCUT2D eigenvalue weighted by molar-refractivity contribution is 6.34. The lowest BCUT2D eigenvalue weighted by molar-refractivity contribution is -0.122. The Morgan fingerprint density at radius 3 is 2.42 bits per heavy atom. The smallest absolute Gasteiger partial charge is 0.255 e. The fourth-order valence-electron chi connectivity index (χ4n) is 3.37. The Morgan fingerprint density at radius 1 is 1.15 bits per heavy atom. The number of nitrogens with one attached hydrogen (secondary N) is 1. The van der Waals surface area contributed by atoms with Gasteiger partial charge in [0.15, 0.2) is 0 Å². The standard InChI is InChI=1S/C18H24ClN3O3.ClH/c19-15-12-13(21-17(24)18(20)6-2-1-3-7-18)4-5-14(15)16(23)22-8-10-25-11-9-22;/h4-5,12H,1-3,6-11,20H2,(H,21,24);1H. The Bertz CT molecular complexity index is 657. The first kappa shape index (κ1) is 21.0. The molecule has 6 nitrogen and oxygen atoms in total. The number of nitrogens with zero attached hydrogens (tertiary/aromatic N) is 1. The second kappa shape index (κ2) is 9.04. The molecule has 1 saturated carbocycles. The molecule has 0 spiro atoms. The molecule has 26 heavy (non-hydrogen) atoms. The van der Waals surface area contributed by atoms with Crippen LogP contribution < -0.4 is 11.1 Å². The number of nitrogens with two attached hydrogens (primary N) is 1. The number of hydrogen-bond donors (Lipinski definition) is 2. The van der Waals surface area contributed by atoms with Crippen molar-refractivity contribution in [3.63, 3.8) is 0 Å². The van der Waals surface area contributed by atoms with Gasteiger partial charge >= 0.3 is 0 Å². The van der Waals surface area contributed by atoms with Crippen LogP contribution >= 0.6 is 24.0 Å². The van der Waals surface area contributed by atoms with Crippen LogP contribution in [0.1, 0.15) is 42.5 Å². The third-order valence-electron chi connectivity index (χ3n) is 4.95. The second-order valence-electron chi connectivity index (χ2n) is 6.77. The molecule has 144 valence electrons. The number of halogens is 2. The van der Waals surface area contributed by atoms with E-state index in [2.05, 4.69) is 5.32 Å². The van der Waals surface area contributed by atoms with Crippen LogP contribution in [0.5, 0.6) is 0 Å². The number of ether oxygens (including phenoxy) is 1. The Morgan fingerprint density at radius 2 is 1.81 bits per heavy atom. The van der Waals surface area contributed by atoms with Crippen molar-refractivity contribution in [1.82, 2.24) is 4.90 Å². The predicted octanol–water partition coefficient (Wildman–Crippen LogP) is 2.83. The van der Waals surface area contributed by atoms with E-state index in [9.17, 15) is 9.59 Å². The van der Waals surface area contributed by atoms with Gasteiger partial charge in [0, 0.05) is 18.8 Å². The van der Waals surface area contributed by atoms with Crippen molar-refractivity contribution >= 4 is 41.5 Å². The summed E-state index contributed by atoms with van der Waals surface area (Å²) >= 11 is 6.29. The van der Waals surface area contributed by atoms with Gasteiger partial charge in [0.2, 0.25) is 5.91 Å². The number of benzene rings is 1. The summed E-state index contributed by atoms with van der Waals surface area (Å²) in [6.07, 6.45) is 4.45. The molecule has 0 unspecified atom stereocenters. The van der Waals surface area contributed by atoms with Gasteiger partial charge in [-0.1, -0.05) is 30.9 Å². The van der Waals surface area contributed by atoms with E-state index in [0.717, 1.165) is 19.3 Å². The zero-order valence-electron chi connectivity index (χ0n) is 14.6. The monoisotopic (exact) mass is 401 g/mol. The number of hydrogen-bond acceptors (Lipinski definition) is 4. The maximum atomic E-state index is 12.5. The van der Waals surface area contributed by atoms with Crippen molar-refractivity contribution in [2.75, 3.05) is 31.6 Å². The molecule has 2 fully saturated rings. The van der Waals surface area contributed by atoms with Crippen LogP contribution in [0.3, 0.4) is 0 Å². The third-order valence-corrected chi connectivity index (χ3v) is 5.27. The number of carbonyl (C=O) groups is 2. The Hall–Kier alpha value is -1.34. The minimum atomic E-state index is -0.812. The van der Waals surface area contributed by atoms with Crippen molar-refractivity contribution in [1.29, 1.82) is 0 Å². The highest BCUT2D eigenvalue weighted by Crippen LogP contribution is 2.28. The first-order chi connectivity index (χ1) is 12.0. The Balaban J connectivity index is 0.00000243. The minimum absolute atomic E-state index is 0. The molecule has 1 heterocycles. The summed E-state index contributed by atoms with van der Waals surface area (Å²) in [4.78, 5) is 26.8. The van der Waals surface area contributed by atoms with Crippen LogP contribution in [0.4, 0.5) is 5.69 Å². The van der Waals surface area contributed by atoms with Crippen LogP contribution in [0.2, 0.25) is 5.02 Å². The quantitative estimate of drug-likeness (QED) is 0.815. The number of carbonyl (C=O) groups excluding carboxylic acids is 2. The highest BCUT2D eigenvalue weighted by Gasteiger charge is 2.35. The van der Waals surface area contributed by atoms with Gasteiger partial charge < -0.3 is 20.7 Å². The largest absolute Gasteiger partial charge is 0.378 e. The summed E-state index contributed by atoms with van der Waals surface area (Å²) in [6, 6.07) is 4.96. The fraction of sp³-hybridized carbons (Fsp3) is 0.556. The van der Waals surface area contributed by atoms with Crippen molar-refractivity contribution in [3.05, 3.63) is 28.8 Å². The van der Waals surface area contributed by atoms with Gasteiger partial charge in [-0.15, -0.1) is 12.4 Å². The van der Waals surface area contributed by atoms with Crippen molar-refractivity contribution in [3.8, 4) is 0 Å². The van der Waals surface area contributed by atoms with Crippen LogP contribution in [-0.4, -0.2) is 48.6 Å². The fourth-order valence-corrected chi connectivity index (χ4v) is 3.63. The van der Waals surface area contributed by atoms with Crippen molar-refractivity contribution < 1.29 is 14.3 Å². The molecule has 2 amide bonds. The van der Waals surface area contributed by atoms with Gasteiger partial charge in [0.05, 0.1) is 29.3 Å². The van der Waals surface area contributed by atoms with Crippen molar-refractivity contribution in [2.24, 2.45) is 5.73 Å². The van der Waals surface area contributed by atoms with E-state index in [0.29, 0.717) is 55.4 Å². The normalized spacial score (nSPS) is 19.4. The van der Waals surface area contributed by atoms with E-state index in [1.165, 1.54) is 0 Å². The summed E-state index contributed by atoms with van der Waals surface area (Å²) < 4.78 is 5.26. The lowest BCUT2D eigenvalue weighted by Crippen LogP contribution is -2.52. The molecule has 2 aliphatic rings. The van der Waals surface area contributed by atoms with Gasteiger partial charge in [0.1, 0.15) is 0 Å². The molecule has 3 N–H and O–H groups in total. The number of rotatable bonds is 3. The molecule has 8 heteroatoms. The lowest BCUT2D eigenvalue weighted by atomic mass is 9.82. The van der Waals surface area contributed by atoms with Crippen molar-refractivity contribution in [2.45, 2.75) is 37.6 Å². The molecular formula is C18H25Cl2N3O3. The summed E-state index contributed by atoms with van der Waals surface area (Å²) in [6.45, 7) is 2.19. The van der Waals surface area contributed by atoms with E-state index in [1.54, 1.807) is 23.1 Å². The van der Waals surface area contributed by atoms with Gasteiger partial charge in [-0.2, -0.15) is 0 Å². The van der Waals surface area contributed by atoms with E-state index in [4.69, 9.17) is 22.1 Å². The first-order valence-electron chi connectivity index (χ1n) is 8.76. The van der Waals surface area contributed by atoms with Crippen LogP contribution in [0, 0.1) is 0 Å². The average molecular weight is 402 g/mol. The topological polar surface area (TPSA) is 84.7 Å². The second-order valence-corrected chi connectivity index (χ2v) is 7.18. The lowest BCUT2D eigenvalue weighted by Gasteiger charge is -2.31. The molecule has 0 atom stereocenters. The highest BCUT2D eigenvalue weighted by atomic mass is 35.5. The average Bonchev–Trinajstić information content (AvgIpc) is 2.63. The summed E-state index contributed by atoms with van der Waals surface area (Å²) in [5, 5.41) is 3.17. The van der Waals surface area contributed by atoms with E-state index < -0.39 is 5.54 Å². The number of amides is 2. The van der Waals surface area contributed by atoms with Gasteiger partial charge in [-0.25, -0.2) is 0 Å². The van der Waals surface area contributed by atoms with E-state index in [-0.39, 0.29) is 24.2 Å². The number of anilines is 1. The molecule has 1 saturated heterocycles. The first-order valence-corrected chi connectivity index (χ1v) is 9.14. The molecular weight excluding hydrogens is 377 g/mol. The zero-order chi connectivity index (χ0) is 17.9. The summed E-state index contributed by atoms with van der Waals surface area (Å²) in [5.41, 5.74) is 6.43. The zero-order valence-corrected chi connectivity index (χ0v) is 16.2. The minimum Gasteiger partial charge on any atom is -0.378 e. The Labute approximate surface area is 164 Å². The van der Waals surface area contributed by atoms with E-state index in [1.807, 2.05) is 0 Å². The summed E-state index contributed by atoms with van der Waals surface area (Å²) in [7, 11) is 0. The maximum Gasteiger partial charge on any atom is 0.255 e. The third kappa shape index (κ3) is 4.68. The van der Waals surface area contributed by atoms with E-state index >= 15 is 0 Å². The molecule has 1 aromatic rings.